The summed E-state index contributed by atoms with van der Waals surface area (Å²) in [7, 11) is 0. The van der Waals surface area contributed by atoms with Crippen LogP contribution in [0.1, 0.15) is 70.1 Å². The lowest BCUT2D eigenvalue weighted by Crippen LogP contribution is -2.63. The third-order valence-electron chi connectivity index (χ3n) is 2.86. The third kappa shape index (κ3) is 6.38. The summed E-state index contributed by atoms with van der Waals surface area (Å²) in [6.45, 7) is 10.1. The Morgan fingerprint density at radius 3 is 2.05 bits per heavy atom. The SMILES string of the molecule is CC.CC(C)(C)c1cc(C(N)=O)n[nH]1.[NH3+]C1CCC1. The van der Waals surface area contributed by atoms with E-state index in [0.29, 0.717) is 5.69 Å². The summed E-state index contributed by atoms with van der Waals surface area (Å²) in [5, 5.41) is 6.56. The largest absolute Gasteiger partial charge is 0.364 e. The number of hydrogen-bond donors (Lipinski definition) is 3. The van der Waals surface area contributed by atoms with Gasteiger partial charge < -0.3 is 11.5 Å². The fourth-order valence-corrected chi connectivity index (χ4v) is 1.32. The molecule has 1 heterocycles. The van der Waals surface area contributed by atoms with Gasteiger partial charge in [0, 0.05) is 11.1 Å². The first-order valence-corrected chi connectivity index (χ1v) is 6.99. The van der Waals surface area contributed by atoms with Crippen molar-refractivity contribution in [3.8, 4) is 0 Å². The Morgan fingerprint density at radius 1 is 1.42 bits per heavy atom. The number of hydrogen-bond acceptors (Lipinski definition) is 2. The highest BCUT2D eigenvalue weighted by molar-refractivity contribution is 5.90. The predicted molar refractivity (Wildman–Crippen MR) is 77.7 cm³/mol. The fraction of sp³-hybridized carbons (Fsp3) is 0.714. The number of primary amides is 1. The van der Waals surface area contributed by atoms with Crippen LogP contribution in [-0.4, -0.2) is 22.1 Å². The minimum Gasteiger partial charge on any atom is -0.364 e. The van der Waals surface area contributed by atoms with Gasteiger partial charge in [0.15, 0.2) is 0 Å². The Labute approximate surface area is 116 Å². The molecule has 1 aromatic heterocycles. The fourth-order valence-electron chi connectivity index (χ4n) is 1.32. The van der Waals surface area contributed by atoms with Crippen LogP contribution in [0.15, 0.2) is 6.07 Å². The Morgan fingerprint density at radius 2 is 1.89 bits per heavy atom. The van der Waals surface area contributed by atoms with E-state index in [1.807, 2.05) is 34.6 Å². The van der Waals surface area contributed by atoms with Gasteiger partial charge in [0.1, 0.15) is 5.69 Å². The van der Waals surface area contributed by atoms with Crippen molar-refractivity contribution >= 4 is 5.91 Å². The number of carbonyl (C=O) groups excluding carboxylic acids is 1. The average molecular weight is 269 g/mol. The van der Waals surface area contributed by atoms with Crippen molar-refractivity contribution in [2.45, 2.75) is 65.3 Å². The molecule has 0 atom stereocenters. The summed E-state index contributed by atoms with van der Waals surface area (Å²) in [6.07, 6.45) is 4.17. The summed E-state index contributed by atoms with van der Waals surface area (Å²) in [4.78, 5) is 10.7. The molecule has 0 aromatic carbocycles. The van der Waals surface area contributed by atoms with Gasteiger partial charge >= 0.3 is 0 Å². The van der Waals surface area contributed by atoms with E-state index in [2.05, 4.69) is 15.9 Å². The van der Waals surface area contributed by atoms with E-state index >= 15 is 0 Å². The second-order valence-corrected chi connectivity index (χ2v) is 5.58. The van der Waals surface area contributed by atoms with Crippen LogP contribution in [0.4, 0.5) is 0 Å². The molecule has 1 fully saturated rings. The van der Waals surface area contributed by atoms with Crippen molar-refractivity contribution in [2.24, 2.45) is 5.73 Å². The van der Waals surface area contributed by atoms with Crippen LogP contribution in [-0.2, 0) is 5.41 Å². The summed E-state index contributed by atoms with van der Waals surface area (Å²) in [6, 6.07) is 2.50. The molecule has 5 heteroatoms. The number of carbonyl (C=O) groups is 1. The molecule has 0 saturated heterocycles. The first kappa shape index (κ1) is 17.6. The quantitative estimate of drug-likeness (QED) is 0.721. The summed E-state index contributed by atoms with van der Waals surface area (Å²) in [5.74, 6) is -0.498. The Balaban J connectivity index is 0.000000383. The van der Waals surface area contributed by atoms with E-state index in [4.69, 9.17) is 5.73 Å². The van der Waals surface area contributed by atoms with Crippen LogP contribution < -0.4 is 11.5 Å². The Hall–Kier alpha value is -1.36. The van der Waals surface area contributed by atoms with Crippen LogP contribution in [0.5, 0.6) is 0 Å². The maximum atomic E-state index is 10.7. The number of H-pyrrole nitrogens is 1. The number of nitrogens with one attached hydrogen (secondary N) is 1. The number of nitrogens with zero attached hydrogens (tertiary/aromatic N) is 1. The number of amides is 1. The first-order valence-electron chi connectivity index (χ1n) is 6.99. The molecule has 6 N–H and O–H groups in total. The van der Waals surface area contributed by atoms with Gasteiger partial charge in [-0.25, -0.2) is 0 Å². The van der Waals surface area contributed by atoms with Gasteiger partial charge in [-0.05, 0) is 25.3 Å². The number of nitrogens with two attached hydrogens (primary N) is 1. The van der Waals surface area contributed by atoms with Crippen molar-refractivity contribution < 1.29 is 10.5 Å². The van der Waals surface area contributed by atoms with Crippen molar-refractivity contribution in [1.29, 1.82) is 0 Å². The molecular weight excluding hydrogens is 240 g/mol. The summed E-state index contributed by atoms with van der Waals surface area (Å²) >= 11 is 0. The van der Waals surface area contributed by atoms with Crippen LogP contribution >= 0.6 is 0 Å². The number of rotatable bonds is 1. The van der Waals surface area contributed by atoms with E-state index in [1.165, 1.54) is 19.3 Å². The monoisotopic (exact) mass is 269 g/mol. The van der Waals surface area contributed by atoms with Gasteiger partial charge in [-0.3, -0.25) is 9.89 Å². The number of aromatic amines is 1. The Kier molecular flexibility index (Phi) is 7.37. The lowest BCUT2D eigenvalue weighted by atomic mass is 9.92. The molecule has 1 aromatic rings. The molecule has 5 nitrogen and oxygen atoms in total. The molecule has 0 bridgehead atoms. The maximum Gasteiger partial charge on any atom is 0.269 e. The van der Waals surface area contributed by atoms with Crippen molar-refractivity contribution in [3.63, 3.8) is 0 Å². The highest BCUT2D eigenvalue weighted by Crippen LogP contribution is 2.19. The van der Waals surface area contributed by atoms with Crippen molar-refractivity contribution in [3.05, 3.63) is 17.5 Å². The van der Waals surface area contributed by atoms with Gasteiger partial charge in [-0.1, -0.05) is 34.6 Å². The summed E-state index contributed by atoms with van der Waals surface area (Å²) in [5.41, 5.74) is 10.1. The summed E-state index contributed by atoms with van der Waals surface area (Å²) < 4.78 is 0. The molecule has 110 valence electrons. The second kappa shape index (κ2) is 7.94. The molecule has 1 aliphatic rings. The van der Waals surface area contributed by atoms with Gasteiger partial charge in [0.2, 0.25) is 0 Å². The smallest absolute Gasteiger partial charge is 0.269 e. The topological polar surface area (TPSA) is 99.4 Å². The minimum absolute atomic E-state index is 0.0271. The zero-order chi connectivity index (χ0) is 15.1. The molecular formula is C14H29N4O+. The zero-order valence-corrected chi connectivity index (χ0v) is 12.9. The zero-order valence-electron chi connectivity index (χ0n) is 12.9. The third-order valence-corrected chi connectivity index (χ3v) is 2.86. The van der Waals surface area contributed by atoms with E-state index in [9.17, 15) is 4.79 Å². The number of aromatic nitrogens is 2. The van der Waals surface area contributed by atoms with Crippen LogP contribution in [0.3, 0.4) is 0 Å². The molecule has 1 amide bonds. The van der Waals surface area contributed by atoms with Gasteiger partial charge in [-0.15, -0.1) is 0 Å². The molecule has 0 spiro atoms. The molecule has 0 aliphatic heterocycles. The van der Waals surface area contributed by atoms with Crippen molar-refractivity contribution in [2.75, 3.05) is 0 Å². The molecule has 2 rings (SSSR count). The van der Waals surface area contributed by atoms with Gasteiger partial charge in [0.05, 0.1) is 6.04 Å². The average Bonchev–Trinajstić information content (AvgIpc) is 2.79. The lowest BCUT2D eigenvalue weighted by molar-refractivity contribution is -0.437. The normalized spacial score (nSPS) is 14.4. The highest BCUT2D eigenvalue weighted by Gasteiger charge is 2.17. The molecule has 1 saturated carbocycles. The molecule has 0 unspecified atom stereocenters. The van der Waals surface area contributed by atoms with Crippen LogP contribution in [0.25, 0.3) is 0 Å². The van der Waals surface area contributed by atoms with Crippen molar-refractivity contribution in [1.82, 2.24) is 10.2 Å². The highest BCUT2D eigenvalue weighted by atomic mass is 16.1. The number of quaternary nitrogens is 1. The van der Waals surface area contributed by atoms with Gasteiger partial charge in [0.25, 0.3) is 5.91 Å². The second-order valence-electron chi connectivity index (χ2n) is 5.58. The predicted octanol–water partition coefficient (Wildman–Crippen LogP) is 1.61. The molecule has 0 radical (unpaired) electrons. The molecule has 1 aliphatic carbocycles. The van der Waals surface area contributed by atoms with Crippen LogP contribution in [0, 0.1) is 0 Å². The lowest BCUT2D eigenvalue weighted by Gasteiger charge is -2.15. The van der Waals surface area contributed by atoms with E-state index in [0.717, 1.165) is 11.7 Å². The maximum absolute atomic E-state index is 10.7. The minimum atomic E-state index is -0.498. The van der Waals surface area contributed by atoms with E-state index < -0.39 is 5.91 Å². The molecule has 19 heavy (non-hydrogen) atoms. The first-order chi connectivity index (χ1) is 8.80. The van der Waals surface area contributed by atoms with E-state index in [1.54, 1.807) is 6.07 Å². The van der Waals surface area contributed by atoms with E-state index in [-0.39, 0.29) is 5.41 Å². The standard InChI is InChI=1S/C8H13N3O.C4H9N.C2H6/c1-8(2,3)6-4-5(7(9)12)10-11-6;5-4-2-1-3-4;1-2/h4H,1-3H3,(H2,9,12)(H,10,11);4H,1-3,5H2;1-2H3/p+1. The van der Waals surface area contributed by atoms with Gasteiger partial charge in [-0.2, -0.15) is 5.10 Å². The Bertz CT molecular complexity index is 375. The van der Waals surface area contributed by atoms with Crippen LogP contribution in [0.2, 0.25) is 0 Å².